The van der Waals surface area contributed by atoms with Crippen LogP contribution in [-0.4, -0.2) is 46.7 Å². The number of aromatic nitrogens is 3. The summed E-state index contributed by atoms with van der Waals surface area (Å²) in [6, 6.07) is 17.2. The molecule has 0 fully saturated rings. The van der Waals surface area contributed by atoms with Gasteiger partial charge in [0.25, 0.3) is 0 Å². The summed E-state index contributed by atoms with van der Waals surface area (Å²) in [5.41, 5.74) is 4.32. The van der Waals surface area contributed by atoms with Crippen molar-refractivity contribution < 1.29 is 4.74 Å². The van der Waals surface area contributed by atoms with Crippen LogP contribution in [0.5, 0.6) is 5.75 Å². The van der Waals surface area contributed by atoms with Crippen LogP contribution in [-0.2, 0) is 6.42 Å². The molecule has 1 aliphatic carbocycles. The van der Waals surface area contributed by atoms with Crippen molar-refractivity contribution in [3.8, 4) is 11.4 Å². The summed E-state index contributed by atoms with van der Waals surface area (Å²) in [5, 5.41) is 4.84. The van der Waals surface area contributed by atoms with Crippen molar-refractivity contribution in [2.24, 2.45) is 0 Å². The first-order valence-electron chi connectivity index (χ1n) is 10.9. The summed E-state index contributed by atoms with van der Waals surface area (Å²) >= 11 is 7.73. The first-order valence-corrected chi connectivity index (χ1v) is 12.1. The first kappa shape index (κ1) is 21.9. The van der Waals surface area contributed by atoms with Gasteiger partial charge < -0.3 is 19.5 Å². The SMILES string of the molecule is COc1cc(Nc2nc3c(s2)CC(N(C)C)CC3c2ccccc2)ccc1-n1cnc(Cl)c1. The maximum Gasteiger partial charge on any atom is 0.187 e. The highest BCUT2D eigenvalue weighted by Gasteiger charge is 2.32. The summed E-state index contributed by atoms with van der Waals surface area (Å²) < 4.78 is 7.48. The standard InChI is InChI=1S/C25H26ClN5OS/c1-30(2)18-12-19(16-7-5-4-6-8-16)24-22(13-18)33-25(29-24)28-17-9-10-20(21(11-17)32-3)31-14-23(26)27-15-31/h4-11,14-15,18-19H,12-13H2,1-3H3,(H,28,29). The largest absolute Gasteiger partial charge is 0.494 e. The van der Waals surface area contributed by atoms with Gasteiger partial charge in [-0.25, -0.2) is 9.97 Å². The van der Waals surface area contributed by atoms with Crippen LogP contribution in [0.15, 0.2) is 61.1 Å². The summed E-state index contributed by atoms with van der Waals surface area (Å²) in [7, 11) is 5.99. The third kappa shape index (κ3) is 4.49. The molecule has 33 heavy (non-hydrogen) atoms. The Hall–Kier alpha value is -2.87. The second kappa shape index (κ2) is 9.17. The lowest BCUT2D eigenvalue weighted by atomic mass is 9.82. The monoisotopic (exact) mass is 479 g/mol. The van der Waals surface area contributed by atoms with Gasteiger partial charge in [0.15, 0.2) is 5.13 Å². The van der Waals surface area contributed by atoms with Gasteiger partial charge >= 0.3 is 0 Å². The van der Waals surface area contributed by atoms with Gasteiger partial charge in [-0.3, -0.25) is 0 Å². The lowest BCUT2D eigenvalue weighted by Crippen LogP contribution is -2.35. The van der Waals surface area contributed by atoms with Crippen LogP contribution in [0.1, 0.15) is 28.5 Å². The van der Waals surface area contributed by atoms with Crippen LogP contribution in [0.25, 0.3) is 5.69 Å². The van der Waals surface area contributed by atoms with E-state index < -0.39 is 0 Å². The highest BCUT2D eigenvalue weighted by molar-refractivity contribution is 7.15. The molecule has 2 aromatic carbocycles. The minimum atomic E-state index is 0.303. The molecule has 6 nitrogen and oxygen atoms in total. The highest BCUT2D eigenvalue weighted by atomic mass is 35.5. The van der Waals surface area contributed by atoms with Gasteiger partial charge in [0, 0.05) is 34.8 Å². The van der Waals surface area contributed by atoms with Crippen molar-refractivity contribution in [3.05, 3.63) is 82.3 Å². The normalized spacial score (nSPS) is 17.7. The van der Waals surface area contributed by atoms with Gasteiger partial charge in [0.1, 0.15) is 17.2 Å². The van der Waals surface area contributed by atoms with Crippen molar-refractivity contribution in [2.75, 3.05) is 26.5 Å². The van der Waals surface area contributed by atoms with Gasteiger partial charge in [-0.05, 0) is 44.6 Å². The summed E-state index contributed by atoms with van der Waals surface area (Å²) in [6.45, 7) is 0. The Morgan fingerprint density at radius 1 is 1.18 bits per heavy atom. The molecule has 1 aliphatic rings. The number of thiazole rings is 1. The molecule has 0 aliphatic heterocycles. The number of nitrogens with one attached hydrogen (secondary N) is 1. The number of nitrogens with zero attached hydrogens (tertiary/aromatic N) is 4. The molecular formula is C25H26ClN5OS. The Labute approximate surface area is 202 Å². The molecule has 2 heterocycles. The summed E-state index contributed by atoms with van der Waals surface area (Å²) in [5.74, 6) is 1.03. The molecule has 0 radical (unpaired) electrons. The molecule has 0 bridgehead atoms. The van der Waals surface area contributed by atoms with Gasteiger partial charge in [0.05, 0.1) is 18.5 Å². The summed E-state index contributed by atoms with van der Waals surface area (Å²) in [4.78, 5) is 12.8. The van der Waals surface area contributed by atoms with E-state index in [1.807, 2.05) is 22.8 Å². The minimum Gasteiger partial charge on any atom is -0.494 e. The Balaban J connectivity index is 1.45. The fraction of sp³-hybridized carbons (Fsp3) is 0.280. The quantitative estimate of drug-likeness (QED) is 0.382. The smallest absolute Gasteiger partial charge is 0.187 e. The number of halogens is 1. The number of methoxy groups -OCH3 is 1. The zero-order chi connectivity index (χ0) is 22.9. The van der Waals surface area contributed by atoms with Crippen LogP contribution >= 0.6 is 22.9 Å². The molecule has 2 unspecified atom stereocenters. The number of hydrogen-bond donors (Lipinski definition) is 1. The molecule has 2 aromatic heterocycles. The van der Waals surface area contributed by atoms with Crippen LogP contribution in [0, 0.1) is 0 Å². The molecule has 4 aromatic rings. The maximum atomic E-state index is 5.98. The topological polar surface area (TPSA) is 55.2 Å². The molecule has 1 N–H and O–H groups in total. The number of hydrogen-bond acceptors (Lipinski definition) is 6. The lowest BCUT2D eigenvalue weighted by molar-refractivity contribution is 0.259. The van der Waals surface area contributed by atoms with E-state index in [1.54, 1.807) is 31.0 Å². The fourth-order valence-electron chi connectivity index (χ4n) is 4.41. The van der Waals surface area contributed by atoms with Gasteiger partial charge in [-0.2, -0.15) is 0 Å². The van der Waals surface area contributed by atoms with E-state index in [2.05, 4.69) is 59.6 Å². The van der Waals surface area contributed by atoms with E-state index in [4.69, 9.17) is 21.3 Å². The second-order valence-corrected chi connectivity index (χ2v) is 9.93. The number of fused-ring (bicyclic) bond motifs is 1. The zero-order valence-electron chi connectivity index (χ0n) is 18.8. The van der Waals surface area contributed by atoms with E-state index in [9.17, 15) is 0 Å². The predicted molar refractivity (Wildman–Crippen MR) is 135 cm³/mol. The predicted octanol–water partition coefficient (Wildman–Crippen LogP) is 5.74. The number of anilines is 2. The van der Waals surface area contributed by atoms with Crippen LogP contribution in [0.3, 0.4) is 0 Å². The van der Waals surface area contributed by atoms with Gasteiger partial charge in [0.2, 0.25) is 0 Å². The molecule has 0 saturated carbocycles. The Bertz CT molecular complexity index is 1250. The number of likely N-dealkylation sites (N-methyl/N-ethyl adjacent to an activating group) is 1. The summed E-state index contributed by atoms with van der Waals surface area (Å²) in [6.07, 6.45) is 5.52. The fourth-order valence-corrected chi connectivity index (χ4v) is 5.68. The molecule has 8 heteroatoms. The van der Waals surface area contributed by atoms with Crippen LogP contribution in [0.4, 0.5) is 10.8 Å². The van der Waals surface area contributed by atoms with E-state index >= 15 is 0 Å². The van der Waals surface area contributed by atoms with Crippen molar-refractivity contribution in [3.63, 3.8) is 0 Å². The van der Waals surface area contributed by atoms with E-state index in [-0.39, 0.29) is 0 Å². The van der Waals surface area contributed by atoms with E-state index in [0.29, 0.717) is 17.1 Å². The van der Waals surface area contributed by atoms with Crippen molar-refractivity contribution in [2.45, 2.75) is 24.8 Å². The van der Waals surface area contributed by atoms with Crippen molar-refractivity contribution in [1.29, 1.82) is 0 Å². The minimum absolute atomic E-state index is 0.303. The van der Waals surface area contributed by atoms with Crippen molar-refractivity contribution >= 4 is 33.8 Å². The van der Waals surface area contributed by atoms with E-state index in [1.165, 1.54) is 16.1 Å². The molecule has 0 amide bonds. The maximum absolute atomic E-state index is 5.98. The van der Waals surface area contributed by atoms with Crippen LogP contribution < -0.4 is 10.1 Å². The Kier molecular flexibility index (Phi) is 6.10. The number of ether oxygens (including phenoxy) is 1. The number of benzene rings is 2. The molecule has 5 rings (SSSR count). The molecule has 170 valence electrons. The van der Waals surface area contributed by atoms with Gasteiger partial charge in [-0.15, -0.1) is 11.3 Å². The number of imidazole rings is 1. The number of rotatable bonds is 6. The third-order valence-corrected chi connectivity index (χ3v) is 7.38. The first-order chi connectivity index (χ1) is 16.0. The second-order valence-electron chi connectivity index (χ2n) is 8.46. The third-order valence-electron chi connectivity index (χ3n) is 6.18. The lowest BCUT2D eigenvalue weighted by Gasteiger charge is -2.32. The molecular weight excluding hydrogens is 454 g/mol. The molecule has 2 atom stereocenters. The molecule has 0 spiro atoms. The van der Waals surface area contributed by atoms with E-state index in [0.717, 1.165) is 35.1 Å². The molecule has 0 saturated heterocycles. The average molecular weight is 480 g/mol. The van der Waals surface area contributed by atoms with Crippen molar-refractivity contribution in [1.82, 2.24) is 19.4 Å². The van der Waals surface area contributed by atoms with Gasteiger partial charge in [-0.1, -0.05) is 41.9 Å². The average Bonchev–Trinajstić information content (AvgIpc) is 3.44. The van der Waals surface area contributed by atoms with Crippen LogP contribution in [0.2, 0.25) is 5.15 Å². The Morgan fingerprint density at radius 3 is 2.70 bits per heavy atom. The highest BCUT2D eigenvalue weighted by Crippen LogP contribution is 2.42. The zero-order valence-corrected chi connectivity index (χ0v) is 20.4. The Morgan fingerprint density at radius 2 is 2.00 bits per heavy atom.